The number of furan rings is 1. The molecule has 0 radical (unpaired) electrons. The van der Waals surface area contributed by atoms with Gasteiger partial charge in [0.25, 0.3) is 0 Å². The van der Waals surface area contributed by atoms with Crippen molar-refractivity contribution in [2.75, 3.05) is 6.54 Å². The zero-order valence-corrected chi connectivity index (χ0v) is 12.3. The molecule has 0 aliphatic carbocycles. The summed E-state index contributed by atoms with van der Waals surface area (Å²) in [6.45, 7) is 11.5. The third-order valence-corrected chi connectivity index (χ3v) is 3.34. The van der Waals surface area contributed by atoms with Crippen LogP contribution < -0.4 is 5.73 Å². The van der Waals surface area contributed by atoms with Gasteiger partial charge >= 0.3 is 0 Å². The standard InChI is InChI=1S/C15H28N2O/c1-5-13(6-2)17(10-12(3)4)11-15-8-7-14(9-16)18-15/h7-8,12-13H,5-6,9-11,16H2,1-4H3. The van der Waals surface area contributed by atoms with Gasteiger partial charge in [0, 0.05) is 12.6 Å². The van der Waals surface area contributed by atoms with Crippen LogP contribution in [0, 0.1) is 5.92 Å². The lowest BCUT2D eigenvalue weighted by atomic mass is 10.1. The predicted molar refractivity (Wildman–Crippen MR) is 76.2 cm³/mol. The van der Waals surface area contributed by atoms with Crippen molar-refractivity contribution >= 4 is 0 Å². The summed E-state index contributed by atoms with van der Waals surface area (Å²) in [6, 6.07) is 4.67. The van der Waals surface area contributed by atoms with Gasteiger partial charge in [-0.3, -0.25) is 4.90 Å². The Morgan fingerprint density at radius 1 is 1.17 bits per heavy atom. The lowest BCUT2D eigenvalue weighted by Crippen LogP contribution is -2.36. The Balaban J connectivity index is 2.70. The van der Waals surface area contributed by atoms with E-state index in [0.717, 1.165) is 24.6 Å². The zero-order chi connectivity index (χ0) is 13.5. The Hall–Kier alpha value is -0.800. The molecule has 1 aromatic heterocycles. The molecule has 0 aliphatic heterocycles. The van der Waals surface area contributed by atoms with E-state index in [1.807, 2.05) is 6.07 Å². The maximum Gasteiger partial charge on any atom is 0.118 e. The Morgan fingerprint density at radius 2 is 1.78 bits per heavy atom. The molecule has 0 bridgehead atoms. The van der Waals surface area contributed by atoms with Crippen molar-refractivity contribution in [3.63, 3.8) is 0 Å². The molecule has 0 amide bonds. The van der Waals surface area contributed by atoms with Crippen molar-refractivity contribution in [1.29, 1.82) is 0 Å². The van der Waals surface area contributed by atoms with Crippen molar-refractivity contribution in [3.05, 3.63) is 23.7 Å². The number of hydrogen-bond donors (Lipinski definition) is 1. The smallest absolute Gasteiger partial charge is 0.118 e. The maximum absolute atomic E-state index is 5.72. The maximum atomic E-state index is 5.72. The van der Waals surface area contributed by atoms with Gasteiger partial charge in [-0.05, 0) is 30.9 Å². The van der Waals surface area contributed by atoms with Gasteiger partial charge in [0.05, 0.1) is 13.1 Å². The lowest BCUT2D eigenvalue weighted by molar-refractivity contribution is 0.145. The summed E-state index contributed by atoms with van der Waals surface area (Å²) in [4.78, 5) is 2.53. The highest BCUT2D eigenvalue weighted by Gasteiger charge is 2.18. The van der Waals surface area contributed by atoms with Crippen molar-refractivity contribution in [2.24, 2.45) is 11.7 Å². The van der Waals surface area contributed by atoms with Crippen LogP contribution in [0.25, 0.3) is 0 Å². The summed E-state index contributed by atoms with van der Waals surface area (Å²) in [7, 11) is 0. The van der Waals surface area contributed by atoms with E-state index in [1.54, 1.807) is 0 Å². The minimum atomic E-state index is 0.481. The second-order valence-corrected chi connectivity index (χ2v) is 5.37. The fraction of sp³-hybridized carbons (Fsp3) is 0.733. The summed E-state index contributed by atoms with van der Waals surface area (Å²) in [5.74, 6) is 2.58. The molecule has 1 aromatic rings. The lowest BCUT2D eigenvalue weighted by Gasteiger charge is -2.31. The normalized spacial score (nSPS) is 12.0. The molecule has 0 spiro atoms. The minimum absolute atomic E-state index is 0.481. The molecule has 0 fully saturated rings. The summed E-state index contributed by atoms with van der Waals surface area (Å²) in [5.41, 5.74) is 5.58. The van der Waals surface area contributed by atoms with Gasteiger partial charge in [-0.2, -0.15) is 0 Å². The molecular formula is C15H28N2O. The molecule has 1 heterocycles. The van der Waals surface area contributed by atoms with Crippen molar-refractivity contribution in [1.82, 2.24) is 4.90 Å². The molecule has 0 unspecified atom stereocenters. The highest BCUT2D eigenvalue weighted by atomic mass is 16.3. The summed E-state index contributed by atoms with van der Waals surface area (Å²) >= 11 is 0. The monoisotopic (exact) mass is 252 g/mol. The average molecular weight is 252 g/mol. The highest BCUT2D eigenvalue weighted by Crippen LogP contribution is 2.17. The fourth-order valence-electron chi connectivity index (χ4n) is 2.43. The third kappa shape index (κ3) is 4.46. The first-order valence-corrected chi connectivity index (χ1v) is 7.12. The van der Waals surface area contributed by atoms with Crippen LogP contribution in [0.5, 0.6) is 0 Å². The minimum Gasteiger partial charge on any atom is -0.463 e. The first-order valence-electron chi connectivity index (χ1n) is 7.12. The number of nitrogens with two attached hydrogens (primary N) is 1. The van der Waals surface area contributed by atoms with Gasteiger partial charge in [0.15, 0.2) is 0 Å². The Labute approximate surface area is 111 Å². The molecule has 0 saturated carbocycles. The van der Waals surface area contributed by atoms with E-state index in [4.69, 9.17) is 10.2 Å². The van der Waals surface area contributed by atoms with Crippen molar-refractivity contribution in [2.45, 2.75) is 59.7 Å². The van der Waals surface area contributed by atoms with Crippen LogP contribution in [-0.4, -0.2) is 17.5 Å². The van der Waals surface area contributed by atoms with E-state index in [2.05, 4.69) is 38.7 Å². The average Bonchev–Trinajstić information content (AvgIpc) is 2.77. The van der Waals surface area contributed by atoms with Crippen molar-refractivity contribution < 1.29 is 4.42 Å². The second kappa shape index (κ2) is 7.59. The summed E-state index contributed by atoms with van der Waals surface area (Å²) in [5, 5.41) is 0. The van der Waals surface area contributed by atoms with Gasteiger partial charge in [-0.1, -0.05) is 27.7 Å². The molecule has 104 valence electrons. The Kier molecular flexibility index (Phi) is 6.44. The van der Waals surface area contributed by atoms with Gasteiger partial charge in [0.2, 0.25) is 0 Å². The van der Waals surface area contributed by atoms with E-state index in [1.165, 1.54) is 12.8 Å². The Morgan fingerprint density at radius 3 is 2.22 bits per heavy atom. The highest BCUT2D eigenvalue weighted by molar-refractivity contribution is 5.07. The van der Waals surface area contributed by atoms with E-state index in [9.17, 15) is 0 Å². The molecule has 0 saturated heterocycles. The fourth-order valence-corrected chi connectivity index (χ4v) is 2.43. The molecule has 18 heavy (non-hydrogen) atoms. The second-order valence-electron chi connectivity index (χ2n) is 5.37. The number of hydrogen-bond acceptors (Lipinski definition) is 3. The topological polar surface area (TPSA) is 42.4 Å². The van der Waals surface area contributed by atoms with Crippen LogP contribution in [0.1, 0.15) is 52.1 Å². The number of rotatable bonds is 8. The molecule has 0 aliphatic rings. The first kappa shape index (κ1) is 15.3. The molecule has 1 rings (SSSR count). The van der Waals surface area contributed by atoms with Gasteiger partial charge in [0.1, 0.15) is 11.5 Å². The van der Waals surface area contributed by atoms with Gasteiger partial charge < -0.3 is 10.2 Å². The summed E-state index contributed by atoms with van der Waals surface area (Å²) < 4.78 is 5.72. The Bertz CT molecular complexity index is 329. The van der Waals surface area contributed by atoms with Crippen LogP contribution in [0.15, 0.2) is 16.5 Å². The van der Waals surface area contributed by atoms with Crippen LogP contribution in [0.2, 0.25) is 0 Å². The molecule has 0 atom stereocenters. The largest absolute Gasteiger partial charge is 0.463 e. The predicted octanol–water partition coefficient (Wildman–Crippen LogP) is 3.38. The third-order valence-electron chi connectivity index (χ3n) is 3.34. The van der Waals surface area contributed by atoms with Gasteiger partial charge in [-0.15, -0.1) is 0 Å². The molecule has 3 heteroatoms. The first-order chi connectivity index (χ1) is 8.60. The zero-order valence-electron chi connectivity index (χ0n) is 12.3. The van der Waals surface area contributed by atoms with E-state index < -0.39 is 0 Å². The van der Waals surface area contributed by atoms with E-state index in [-0.39, 0.29) is 0 Å². The molecule has 2 N–H and O–H groups in total. The van der Waals surface area contributed by atoms with Crippen LogP contribution in [0.4, 0.5) is 0 Å². The van der Waals surface area contributed by atoms with E-state index >= 15 is 0 Å². The SMILES string of the molecule is CCC(CC)N(Cc1ccc(CN)o1)CC(C)C. The quantitative estimate of drug-likeness (QED) is 0.771. The molecule has 3 nitrogen and oxygen atoms in total. The van der Waals surface area contributed by atoms with Crippen LogP contribution in [0.3, 0.4) is 0 Å². The van der Waals surface area contributed by atoms with Crippen molar-refractivity contribution in [3.8, 4) is 0 Å². The molecular weight excluding hydrogens is 224 g/mol. The molecule has 0 aromatic carbocycles. The summed E-state index contributed by atoms with van der Waals surface area (Å²) in [6.07, 6.45) is 2.38. The van der Waals surface area contributed by atoms with E-state index in [0.29, 0.717) is 18.5 Å². The van der Waals surface area contributed by atoms with Crippen LogP contribution in [-0.2, 0) is 13.1 Å². The van der Waals surface area contributed by atoms with Gasteiger partial charge in [-0.25, -0.2) is 0 Å². The van der Waals surface area contributed by atoms with Crippen LogP contribution >= 0.6 is 0 Å². The number of nitrogens with zero attached hydrogens (tertiary/aromatic N) is 1.